The zero-order chi connectivity index (χ0) is 13.2. The predicted octanol–water partition coefficient (Wildman–Crippen LogP) is 2.87. The number of anilines is 2. The van der Waals surface area contributed by atoms with Crippen molar-refractivity contribution in [1.82, 2.24) is 4.98 Å². The summed E-state index contributed by atoms with van der Waals surface area (Å²) in [5.41, 5.74) is 10.6. The van der Waals surface area contributed by atoms with E-state index in [1.54, 1.807) is 0 Å². The van der Waals surface area contributed by atoms with E-state index < -0.39 is 0 Å². The third-order valence-corrected chi connectivity index (χ3v) is 3.67. The van der Waals surface area contributed by atoms with Crippen LogP contribution in [0.3, 0.4) is 0 Å². The Morgan fingerprint density at radius 3 is 3.00 bits per heavy atom. The van der Waals surface area contributed by atoms with Crippen molar-refractivity contribution in [3.05, 3.63) is 53.9 Å². The molecule has 0 saturated heterocycles. The normalized spacial score (nSPS) is 18.2. The second-order valence-electron chi connectivity index (χ2n) is 5.26. The van der Waals surface area contributed by atoms with Gasteiger partial charge in [-0.25, -0.2) is 0 Å². The quantitative estimate of drug-likeness (QED) is 0.895. The van der Waals surface area contributed by atoms with Crippen LogP contribution in [-0.2, 0) is 13.0 Å². The van der Waals surface area contributed by atoms with Crippen molar-refractivity contribution in [1.29, 1.82) is 0 Å². The molecule has 19 heavy (non-hydrogen) atoms. The van der Waals surface area contributed by atoms with Crippen LogP contribution in [0.25, 0.3) is 0 Å². The van der Waals surface area contributed by atoms with Crippen LogP contribution in [0.5, 0.6) is 0 Å². The van der Waals surface area contributed by atoms with Crippen LogP contribution in [0, 0.1) is 5.92 Å². The van der Waals surface area contributed by atoms with E-state index >= 15 is 0 Å². The summed E-state index contributed by atoms with van der Waals surface area (Å²) in [6, 6.07) is 12.8. The molecule has 2 N–H and O–H groups in total. The molecule has 1 aromatic carbocycles. The van der Waals surface area contributed by atoms with E-state index in [2.05, 4.69) is 53.2 Å². The third-order valence-electron chi connectivity index (χ3n) is 3.67. The van der Waals surface area contributed by atoms with Crippen LogP contribution in [0.4, 0.5) is 11.4 Å². The Morgan fingerprint density at radius 2 is 2.16 bits per heavy atom. The molecule has 0 bridgehead atoms. The Bertz CT molecular complexity index is 580. The van der Waals surface area contributed by atoms with E-state index in [9.17, 15) is 0 Å². The fourth-order valence-electron chi connectivity index (χ4n) is 2.79. The fourth-order valence-corrected chi connectivity index (χ4v) is 2.79. The average molecular weight is 253 g/mol. The molecule has 0 aliphatic carbocycles. The highest BCUT2D eigenvalue weighted by molar-refractivity contribution is 5.68. The van der Waals surface area contributed by atoms with Crippen molar-refractivity contribution in [3.63, 3.8) is 0 Å². The topological polar surface area (TPSA) is 42.2 Å². The molecule has 0 fully saturated rings. The standard InChI is InChI=1S/C16H19N3/c1-12-8-13-4-2-3-5-16(13)19(11-12)15-6-7-18-14(9-15)10-17/h2-7,9,12H,8,10-11,17H2,1H3. The third kappa shape index (κ3) is 2.34. The minimum absolute atomic E-state index is 0.485. The summed E-state index contributed by atoms with van der Waals surface area (Å²) in [4.78, 5) is 6.66. The molecule has 3 nitrogen and oxygen atoms in total. The van der Waals surface area contributed by atoms with Crippen molar-refractivity contribution in [3.8, 4) is 0 Å². The monoisotopic (exact) mass is 253 g/mol. The van der Waals surface area contributed by atoms with Gasteiger partial charge in [0.15, 0.2) is 0 Å². The lowest BCUT2D eigenvalue weighted by atomic mass is 9.93. The molecule has 3 heteroatoms. The predicted molar refractivity (Wildman–Crippen MR) is 78.4 cm³/mol. The lowest BCUT2D eigenvalue weighted by Crippen LogP contribution is -2.30. The highest BCUT2D eigenvalue weighted by Crippen LogP contribution is 2.35. The molecule has 1 aromatic heterocycles. The molecule has 0 spiro atoms. The Kier molecular flexibility index (Phi) is 3.22. The lowest BCUT2D eigenvalue weighted by Gasteiger charge is -2.35. The van der Waals surface area contributed by atoms with Crippen LogP contribution in [0.2, 0.25) is 0 Å². The van der Waals surface area contributed by atoms with Crippen LogP contribution in [-0.4, -0.2) is 11.5 Å². The number of hydrogen-bond acceptors (Lipinski definition) is 3. The SMILES string of the molecule is CC1Cc2ccccc2N(c2ccnc(CN)c2)C1. The van der Waals surface area contributed by atoms with Gasteiger partial charge < -0.3 is 10.6 Å². The minimum atomic E-state index is 0.485. The maximum atomic E-state index is 5.69. The summed E-state index contributed by atoms with van der Waals surface area (Å²) in [6.07, 6.45) is 3.00. The molecule has 1 aliphatic rings. The molecule has 1 atom stereocenters. The van der Waals surface area contributed by atoms with Gasteiger partial charge >= 0.3 is 0 Å². The number of hydrogen-bond donors (Lipinski definition) is 1. The first-order valence-corrected chi connectivity index (χ1v) is 6.78. The summed E-state index contributed by atoms with van der Waals surface area (Å²) in [7, 11) is 0. The van der Waals surface area contributed by atoms with Crippen molar-refractivity contribution >= 4 is 11.4 Å². The minimum Gasteiger partial charge on any atom is -0.341 e. The van der Waals surface area contributed by atoms with Crippen LogP contribution in [0.15, 0.2) is 42.6 Å². The second-order valence-corrected chi connectivity index (χ2v) is 5.26. The van der Waals surface area contributed by atoms with Gasteiger partial charge in [0.05, 0.1) is 5.69 Å². The molecule has 0 radical (unpaired) electrons. The Morgan fingerprint density at radius 1 is 1.32 bits per heavy atom. The Labute approximate surface area is 114 Å². The Hall–Kier alpha value is -1.87. The number of nitrogens with zero attached hydrogens (tertiary/aromatic N) is 2. The van der Waals surface area contributed by atoms with Gasteiger partial charge in [0.2, 0.25) is 0 Å². The van der Waals surface area contributed by atoms with E-state index in [1.165, 1.54) is 16.9 Å². The maximum absolute atomic E-state index is 5.69. The molecule has 2 aromatic rings. The summed E-state index contributed by atoms with van der Waals surface area (Å²) >= 11 is 0. The van der Waals surface area contributed by atoms with Gasteiger partial charge in [-0.2, -0.15) is 0 Å². The van der Waals surface area contributed by atoms with Gasteiger partial charge in [-0.1, -0.05) is 25.1 Å². The number of para-hydroxylation sites is 1. The van der Waals surface area contributed by atoms with E-state index in [4.69, 9.17) is 5.73 Å². The molecule has 98 valence electrons. The molecule has 1 unspecified atom stereocenters. The highest BCUT2D eigenvalue weighted by atomic mass is 15.1. The molecule has 2 heterocycles. The van der Waals surface area contributed by atoms with Gasteiger partial charge in [0.25, 0.3) is 0 Å². The van der Waals surface area contributed by atoms with Crippen molar-refractivity contribution in [2.45, 2.75) is 19.9 Å². The summed E-state index contributed by atoms with van der Waals surface area (Å²) < 4.78 is 0. The Balaban J connectivity index is 2.04. The molecule has 0 amide bonds. The molecule has 0 saturated carbocycles. The van der Waals surface area contributed by atoms with E-state index in [0.29, 0.717) is 12.5 Å². The molecule has 1 aliphatic heterocycles. The summed E-state index contributed by atoms with van der Waals surface area (Å²) in [5, 5.41) is 0. The summed E-state index contributed by atoms with van der Waals surface area (Å²) in [6.45, 7) is 3.83. The van der Waals surface area contributed by atoms with E-state index in [0.717, 1.165) is 18.7 Å². The average Bonchev–Trinajstić information content (AvgIpc) is 2.46. The molecule has 3 rings (SSSR count). The maximum Gasteiger partial charge on any atom is 0.0560 e. The smallest absolute Gasteiger partial charge is 0.0560 e. The zero-order valence-corrected chi connectivity index (χ0v) is 11.2. The molecular weight excluding hydrogens is 234 g/mol. The number of pyridine rings is 1. The number of fused-ring (bicyclic) bond motifs is 1. The first kappa shape index (κ1) is 12.2. The van der Waals surface area contributed by atoms with Crippen molar-refractivity contribution < 1.29 is 0 Å². The van der Waals surface area contributed by atoms with Gasteiger partial charge in [-0.15, -0.1) is 0 Å². The van der Waals surface area contributed by atoms with Gasteiger partial charge in [-0.05, 0) is 36.1 Å². The first-order valence-electron chi connectivity index (χ1n) is 6.78. The van der Waals surface area contributed by atoms with Gasteiger partial charge in [0, 0.05) is 30.7 Å². The van der Waals surface area contributed by atoms with Crippen molar-refractivity contribution in [2.75, 3.05) is 11.4 Å². The van der Waals surface area contributed by atoms with Crippen LogP contribution >= 0.6 is 0 Å². The fraction of sp³-hybridized carbons (Fsp3) is 0.312. The lowest BCUT2D eigenvalue weighted by molar-refractivity contribution is 0.562. The first-order chi connectivity index (χ1) is 9.28. The zero-order valence-electron chi connectivity index (χ0n) is 11.2. The number of nitrogens with two attached hydrogens (primary N) is 1. The number of aromatic nitrogens is 1. The summed E-state index contributed by atoms with van der Waals surface area (Å²) in [5.74, 6) is 0.657. The van der Waals surface area contributed by atoms with Gasteiger partial charge in [-0.3, -0.25) is 4.98 Å². The van der Waals surface area contributed by atoms with E-state index in [1.807, 2.05) is 6.20 Å². The second kappa shape index (κ2) is 5.02. The van der Waals surface area contributed by atoms with E-state index in [-0.39, 0.29) is 0 Å². The van der Waals surface area contributed by atoms with Crippen LogP contribution < -0.4 is 10.6 Å². The van der Waals surface area contributed by atoms with Crippen LogP contribution in [0.1, 0.15) is 18.2 Å². The van der Waals surface area contributed by atoms with Gasteiger partial charge in [0.1, 0.15) is 0 Å². The largest absolute Gasteiger partial charge is 0.341 e. The van der Waals surface area contributed by atoms with Crippen molar-refractivity contribution in [2.24, 2.45) is 11.7 Å². The number of benzene rings is 1. The number of rotatable bonds is 2. The highest BCUT2D eigenvalue weighted by Gasteiger charge is 2.22. The molecular formula is C16H19N3.